The van der Waals surface area contributed by atoms with E-state index in [4.69, 9.17) is 16.3 Å². The Labute approximate surface area is 85.1 Å². The molecule has 78 valence electrons. The molecule has 0 heterocycles. The molecular formula is C9H9ClF2O2. The second-order valence-corrected chi connectivity index (χ2v) is 3.18. The summed E-state index contributed by atoms with van der Waals surface area (Å²) in [5.74, 6) is -2.28. The van der Waals surface area contributed by atoms with Crippen LogP contribution in [0, 0.1) is 11.6 Å². The maximum absolute atomic E-state index is 13.2. The minimum atomic E-state index is -1.18. The molecule has 0 fully saturated rings. The molecule has 0 radical (unpaired) electrons. The lowest BCUT2D eigenvalue weighted by atomic mass is 10.1. The lowest BCUT2D eigenvalue weighted by molar-refractivity contribution is 0.187. The summed E-state index contributed by atoms with van der Waals surface area (Å²) in [7, 11) is 1.27. The first kappa shape index (κ1) is 11.2. The molecule has 0 aliphatic heterocycles. The Morgan fingerprint density at radius 1 is 1.50 bits per heavy atom. The van der Waals surface area contributed by atoms with Gasteiger partial charge in [0.15, 0.2) is 11.6 Å². The predicted octanol–water partition coefficient (Wildman–Crippen LogP) is 2.68. The quantitative estimate of drug-likeness (QED) is 0.780. The van der Waals surface area contributed by atoms with Gasteiger partial charge in [0.05, 0.1) is 23.8 Å². The summed E-state index contributed by atoms with van der Waals surface area (Å²) in [6, 6.07) is 0.807. The molecule has 0 saturated carbocycles. The third-order valence-corrected chi connectivity index (χ3v) is 2.06. The van der Waals surface area contributed by atoms with E-state index in [9.17, 15) is 13.9 Å². The SMILES string of the molecule is COc1c(Cl)cc(F)c(F)c1C(C)O. The van der Waals surface area contributed by atoms with Crippen LogP contribution in [0.5, 0.6) is 5.75 Å². The summed E-state index contributed by atoms with van der Waals surface area (Å²) >= 11 is 5.61. The number of rotatable bonds is 2. The van der Waals surface area contributed by atoms with E-state index in [0.29, 0.717) is 0 Å². The molecule has 1 aromatic carbocycles. The predicted molar refractivity (Wildman–Crippen MR) is 48.6 cm³/mol. The van der Waals surface area contributed by atoms with Gasteiger partial charge in [0.1, 0.15) is 5.75 Å². The molecular weight excluding hydrogens is 214 g/mol. The fourth-order valence-electron chi connectivity index (χ4n) is 1.18. The zero-order chi connectivity index (χ0) is 10.9. The van der Waals surface area contributed by atoms with Gasteiger partial charge in [-0.05, 0) is 13.0 Å². The second kappa shape index (κ2) is 4.11. The minimum Gasteiger partial charge on any atom is -0.495 e. The Hall–Kier alpha value is -0.870. The average Bonchev–Trinajstić information content (AvgIpc) is 2.10. The van der Waals surface area contributed by atoms with Crippen LogP contribution >= 0.6 is 11.6 Å². The minimum absolute atomic E-state index is 0.0411. The van der Waals surface area contributed by atoms with E-state index in [2.05, 4.69) is 0 Å². The van der Waals surface area contributed by atoms with Crippen molar-refractivity contribution in [1.29, 1.82) is 0 Å². The molecule has 1 rings (SSSR count). The molecule has 5 heteroatoms. The van der Waals surface area contributed by atoms with E-state index in [0.717, 1.165) is 6.07 Å². The number of hydrogen-bond donors (Lipinski definition) is 1. The zero-order valence-electron chi connectivity index (χ0n) is 7.64. The standard InChI is InChI=1S/C9H9ClF2O2/c1-4(13)7-8(12)6(11)3-5(10)9(7)14-2/h3-4,13H,1-2H3. The molecule has 0 aliphatic carbocycles. The van der Waals surface area contributed by atoms with Gasteiger partial charge < -0.3 is 9.84 Å². The Balaban J connectivity index is 3.48. The van der Waals surface area contributed by atoms with Gasteiger partial charge >= 0.3 is 0 Å². The molecule has 1 N–H and O–H groups in total. The van der Waals surface area contributed by atoms with E-state index < -0.39 is 17.7 Å². The first-order chi connectivity index (χ1) is 6.49. The summed E-state index contributed by atoms with van der Waals surface area (Å²) in [6.45, 7) is 1.30. The van der Waals surface area contributed by atoms with Crippen molar-refractivity contribution in [3.8, 4) is 5.75 Å². The van der Waals surface area contributed by atoms with Gasteiger partial charge in [-0.25, -0.2) is 8.78 Å². The molecule has 1 atom stereocenters. The third-order valence-electron chi connectivity index (χ3n) is 1.78. The Morgan fingerprint density at radius 2 is 2.07 bits per heavy atom. The smallest absolute Gasteiger partial charge is 0.168 e. The summed E-state index contributed by atoms with van der Waals surface area (Å²) in [5, 5.41) is 9.15. The highest BCUT2D eigenvalue weighted by Gasteiger charge is 2.21. The van der Waals surface area contributed by atoms with Crippen LogP contribution in [0.3, 0.4) is 0 Å². The van der Waals surface area contributed by atoms with Crippen LogP contribution in [0.4, 0.5) is 8.78 Å². The van der Waals surface area contributed by atoms with E-state index in [-0.39, 0.29) is 16.3 Å². The van der Waals surface area contributed by atoms with Crippen LogP contribution in [0.2, 0.25) is 5.02 Å². The van der Waals surface area contributed by atoms with Gasteiger partial charge in [-0.15, -0.1) is 0 Å². The van der Waals surface area contributed by atoms with Crippen LogP contribution in [-0.2, 0) is 0 Å². The van der Waals surface area contributed by atoms with Gasteiger partial charge in [-0.2, -0.15) is 0 Å². The zero-order valence-corrected chi connectivity index (χ0v) is 8.40. The maximum Gasteiger partial charge on any atom is 0.168 e. The maximum atomic E-state index is 13.2. The number of benzene rings is 1. The molecule has 0 saturated heterocycles. The monoisotopic (exact) mass is 222 g/mol. The van der Waals surface area contributed by atoms with Crippen LogP contribution in [0.15, 0.2) is 6.07 Å². The van der Waals surface area contributed by atoms with Crippen molar-refractivity contribution in [1.82, 2.24) is 0 Å². The van der Waals surface area contributed by atoms with Crippen LogP contribution in [0.1, 0.15) is 18.6 Å². The van der Waals surface area contributed by atoms with Gasteiger partial charge in [0, 0.05) is 0 Å². The topological polar surface area (TPSA) is 29.5 Å². The van der Waals surface area contributed by atoms with Crippen molar-refractivity contribution >= 4 is 11.6 Å². The van der Waals surface area contributed by atoms with Gasteiger partial charge in [-0.1, -0.05) is 11.6 Å². The van der Waals surface area contributed by atoms with Gasteiger partial charge in [0.25, 0.3) is 0 Å². The number of aliphatic hydroxyl groups is 1. The molecule has 1 aromatic rings. The molecule has 2 nitrogen and oxygen atoms in total. The number of hydrogen-bond acceptors (Lipinski definition) is 2. The normalized spacial score (nSPS) is 12.7. The number of halogens is 3. The molecule has 0 amide bonds. The molecule has 0 aromatic heterocycles. The Morgan fingerprint density at radius 3 is 2.50 bits per heavy atom. The van der Waals surface area contributed by atoms with Crippen molar-refractivity contribution in [3.05, 3.63) is 28.3 Å². The van der Waals surface area contributed by atoms with Gasteiger partial charge in [-0.3, -0.25) is 0 Å². The summed E-state index contributed by atoms with van der Waals surface area (Å²) < 4.78 is 30.9. The Kier molecular flexibility index (Phi) is 3.29. The van der Waals surface area contributed by atoms with Gasteiger partial charge in [0.2, 0.25) is 0 Å². The van der Waals surface area contributed by atoms with E-state index in [1.807, 2.05) is 0 Å². The largest absolute Gasteiger partial charge is 0.495 e. The summed E-state index contributed by atoms with van der Waals surface area (Å²) in [5.41, 5.74) is -0.266. The number of ether oxygens (including phenoxy) is 1. The van der Waals surface area contributed by atoms with Crippen molar-refractivity contribution in [2.24, 2.45) is 0 Å². The van der Waals surface area contributed by atoms with Crippen molar-refractivity contribution in [2.75, 3.05) is 7.11 Å². The summed E-state index contributed by atoms with van der Waals surface area (Å²) in [6.07, 6.45) is -1.18. The highest BCUT2D eigenvalue weighted by molar-refractivity contribution is 6.32. The number of methoxy groups -OCH3 is 1. The number of aliphatic hydroxyl groups excluding tert-OH is 1. The molecule has 0 bridgehead atoms. The molecule has 1 unspecified atom stereocenters. The first-order valence-electron chi connectivity index (χ1n) is 3.88. The molecule has 14 heavy (non-hydrogen) atoms. The van der Waals surface area contributed by atoms with E-state index in [1.165, 1.54) is 14.0 Å². The lowest BCUT2D eigenvalue weighted by Crippen LogP contribution is -2.03. The average molecular weight is 223 g/mol. The first-order valence-corrected chi connectivity index (χ1v) is 4.26. The van der Waals surface area contributed by atoms with E-state index >= 15 is 0 Å². The second-order valence-electron chi connectivity index (χ2n) is 2.78. The van der Waals surface area contributed by atoms with Crippen LogP contribution < -0.4 is 4.74 Å². The van der Waals surface area contributed by atoms with E-state index in [1.54, 1.807) is 0 Å². The molecule has 0 aliphatic rings. The highest BCUT2D eigenvalue weighted by Crippen LogP contribution is 2.35. The fourth-order valence-corrected chi connectivity index (χ4v) is 1.45. The van der Waals surface area contributed by atoms with Crippen molar-refractivity contribution < 1.29 is 18.6 Å². The van der Waals surface area contributed by atoms with Crippen molar-refractivity contribution in [3.63, 3.8) is 0 Å². The fraction of sp³-hybridized carbons (Fsp3) is 0.333. The lowest BCUT2D eigenvalue weighted by Gasteiger charge is -2.13. The third kappa shape index (κ3) is 1.81. The molecule has 0 spiro atoms. The van der Waals surface area contributed by atoms with Crippen molar-refractivity contribution in [2.45, 2.75) is 13.0 Å². The Bertz CT molecular complexity index is 353. The van der Waals surface area contributed by atoms with Crippen LogP contribution in [0.25, 0.3) is 0 Å². The van der Waals surface area contributed by atoms with Crippen LogP contribution in [-0.4, -0.2) is 12.2 Å². The highest BCUT2D eigenvalue weighted by atomic mass is 35.5. The summed E-state index contributed by atoms with van der Waals surface area (Å²) in [4.78, 5) is 0.